The molecule has 0 heterocycles. The van der Waals surface area contributed by atoms with E-state index in [2.05, 4.69) is 4.99 Å². The summed E-state index contributed by atoms with van der Waals surface area (Å²) in [5.74, 6) is 0. The standard InChI is InChI=1S/C7H4ClNO.C7H8O/c8-6-3-1-2-4-7(6)9-5-10;8-6-7-4-2-1-3-5-7/h1-4H;1-5,8H,6H2. The summed E-state index contributed by atoms with van der Waals surface area (Å²) in [6, 6.07) is 16.4. The summed E-state index contributed by atoms with van der Waals surface area (Å²) in [6.07, 6.45) is 1.42. The Hall–Kier alpha value is -1.93. The molecule has 0 aromatic heterocycles. The van der Waals surface area contributed by atoms with Crippen molar-refractivity contribution >= 4 is 23.4 Å². The second-order valence-corrected chi connectivity index (χ2v) is 3.71. The maximum absolute atomic E-state index is 9.78. The van der Waals surface area contributed by atoms with Crippen LogP contribution in [0.1, 0.15) is 5.56 Å². The van der Waals surface area contributed by atoms with Crippen LogP contribution in [0.4, 0.5) is 5.69 Å². The number of carbonyl (C=O) groups excluding carboxylic acids is 1. The smallest absolute Gasteiger partial charge is 0.240 e. The first kappa shape index (κ1) is 14.1. The first-order valence-corrected chi connectivity index (χ1v) is 5.63. The van der Waals surface area contributed by atoms with Crippen molar-refractivity contribution in [2.75, 3.05) is 0 Å². The lowest BCUT2D eigenvalue weighted by Crippen LogP contribution is -1.77. The molecule has 18 heavy (non-hydrogen) atoms. The minimum absolute atomic E-state index is 0.140. The molecule has 0 atom stereocenters. The number of rotatable bonds is 2. The predicted molar refractivity (Wildman–Crippen MR) is 71.6 cm³/mol. The van der Waals surface area contributed by atoms with E-state index in [-0.39, 0.29) is 6.61 Å². The van der Waals surface area contributed by atoms with E-state index in [1.807, 2.05) is 30.3 Å². The van der Waals surface area contributed by atoms with Gasteiger partial charge >= 0.3 is 0 Å². The van der Waals surface area contributed by atoms with Gasteiger partial charge in [0.1, 0.15) is 0 Å². The summed E-state index contributed by atoms with van der Waals surface area (Å²) < 4.78 is 0. The van der Waals surface area contributed by atoms with Gasteiger partial charge in [-0.1, -0.05) is 54.1 Å². The Morgan fingerprint density at radius 1 is 1.06 bits per heavy atom. The first-order chi connectivity index (χ1) is 8.77. The fourth-order valence-electron chi connectivity index (χ4n) is 1.17. The number of hydrogen-bond donors (Lipinski definition) is 1. The second kappa shape index (κ2) is 8.20. The lowest BCUT2D eigenvalue weighted by Gasteiger charge is -1.90. The molecule has 0 bridgehead atoms. The van der Waals surface area contributed by atoms with Crippen LogP contribution in [0.2, 0.25) is 5.02 Å². The molecule has 2 aromatic rings. The normalized spacial score (nSPS) is 8.78. The Kier molecular flexibility index (Phi) is 6.44. The van der Waals surface area contributed by atoms with Gasteiger partial charge in [-0.05, 0) is 17.7 Å². The first-order valence-electron chi connectivity index (χ1n) is 5.25. The third kappa shape index (κ3) is 4.93. The molecule has 0 aliphatic rings. The highest BCUT2D eigenvalue weighted by Crippen LogP contribution is 2.22. The number of halogens is 1. The summed E-state index contributed by atoms with van der Waals surface area (Å²) in [4.78, 5) is 13.1. The maximum atomic E-state index is 9.78. The maximum Gasteiger partial charge on any atom is 0.240 e. The number of hydrogen-bond acceptors (Lipinski definition) is 3. The highest BCUT2D eigenvalue weighted by atomic mass is 35.5. The molecular weight excluding hydrogens is 250 g/mol. The summed E-state index contributed by atoms with van der Waals surface area (Å²) in [7, 11) is 0. The Balaban J connectivity index is 0.000000184. The summed E-state index contributed by atoms with van der Waals surface area (Å²) >= 11 is 5.63. The third-order valence-electron chi connectivity index (χ3n) is 2.04. The van der Waals surface area contributed by atoms with Crippen LogP contribution in [-0.2, 0) is 11.4 Å². The summed E-state index contributed by atoms with van der Waals surface area (Å²) in [6.45, 7) is 0.140. The number of para-hydroxylation sites is 1. The Morgan fingerprint density at radius 3 is 2.17 bits per heavy atom. The van der Waals surface area contributed by atoms with Crippen LogP contribution < -0.4 is 0 Å². The molecule has 1 N–H and O–H groups in total. The molecule has 0 aliphatic carbocycles. The topological polar surface area (TPSA) is 49.7 Å². The van der Waals surface area contributed by atoms with Crippen molar-refractivity contribution in [1.82, 2.24) is 0 Å². The van der Waals surface area contributed by atoms with E-state index in [4.69, 9.17) is 16.7 Å². The van der Waals surface area contributed by atoms with Crippen LogP contribution in [0.3, 0.4) is 0 Å². The van der Waals surface area contributed by atoms with E-state index < -0.39 is 0 Å². The number of nitrogens with zero attached hydrogens (tertiary/aromatic N) is 1. The summed E-state index contributed by atoms with van der Waals surface area (Å²) in [5.41, 5.74) is 1.42. The van der Waals surface area contributed by atoms with Gasteiger partial charge < -0.3 is 5.11 Å². The van der Waals surface area contributed by atoms with Gasteiger partial charge in [-0.3, -0.25) is 0 Å². The Labute approximate surface area is 110 Å². The van der Waals surface area contributed by atoms with Crippen LogP contribution in [0.15, 0.2) is 59.6 Å². The van der Waals surface area contributed by atoms with Crippen LogP contribution in [0, 0.1) is 0 Å². The molecule has 0 saturated carbocycles. The number of benzene rings is 2. The fourth-order valence-corrected chi connectivity index (χ4v) is 1.35. The van der Waals surface area contributed by atoms with Gasteiger partial charge in [0.15, 0.2) is 0 Å². The molecule has 0 unspecified atom stereocenters. The molecule has 92 valence electrons. The van der Waals surface area contributed by atoms with E-state index in [0.29, 0.717) is 10.7 Å². The van der Waals surface area contributed by atoms with Gasteiger partial charge in [-0.15, -0.1) is 0 Å². The average Bonchev–Trinajstić information content (AvgIpc) is 2.43. The van der Waals surface area contributed by atoms with E-state index in [9.17, 15) is 4.79 Å². The SMILES string of the molecule is O=C=Nc1ccccc1Cl.OCc1ccccc1. The number of isocyanates is 1. The van der Waals surface area contributed by atoms with E-state index in [1.54, 1.807) is 24.3 Å². The monoisotopic (exact) mass is 261 g/mol. The highest BCUT2D eigenvalue weighted by molar-refractivity contribution is 6.33. The molecule has 0 fully saturated rings. The van der Waals surface area contributed by atoms with Crippen molar-refractivity contribution in [2.45, 2.75) is 6.61 Å². The molecule has 2 aromatic carbocycles. The Bertz CT molecular complexity index is 522. The molecule has 0 spiro atoms. The van der Waals surface area contributed by atoms with Crippen molar-refractivity contribution in [3.05, 3.63) is 65.2 Å². The van der Waals surface area contributed by atoms with Crippen molar-refractivity contribution < 1.29 is 9.90 Å². The number of aliphatic hydroxyl groups excluding tert-OH is 1. The van der Waals surface area contributed by atoms with Crippen molar-refractivity contribution in [1.29, 1.82) is 0 Å². The number of aliphatic hydroxyl groups is 1. The minimum Gasteiger partial charge on any atom is -0.392 e. The molecule has 0 saturated heterocycles. The predicted octanol–water partition coefficient (Wildman–Crippen LogP) is 3.49. The van der Waals surface area contributed by atoms with Crippen molar-refractivity contribution in [2.24, 2.45) is 4.99 Å². The molecule has 0 aliphatic heterocycles. The third-order valence-corrected chi connectivity index (χ3v) is 2.36. The number of aliphatic imine (C=N–C) groups is 1. The van der Waals surface area contributed by atoms with Gasteiger partial charge in [0, 0.05) is 0 Å². The van der Waals surface area contributed by atoms with Gasteiger partial charge in [-0.25, -0.2) is 4.79 Å². The van der Waals surface area contributed by atoms with Crippen LogP contribution >= 0.6 is 11.6 Å². The van der Waals surface area contributed by atoms with E-state index >= 15 is 0 Å². The molecule has 3 nitrogen and oxygen atoms in total. The zero-order valence-electron chi connectivity index (χ0n) is 9.58. The van der Waals surface area contributed by atoms with E-state index in [1.165, 1.54) is 6.08 Å². The molecule has 0 radical (unpaired) electrons. The summed E-state index contributed by atoms with van der Waals surface area (Å²) in [5, 5.41) is 9.00. The van der Waals surface area contributed by atoms with Crippen molar-refractivity contribution in [3.63, 3.8) is 0 Å². The van der Waals surface area contributed by atoms with Crippen LogP contribution in [-0.4, -0.2) is 11.2 Å². The lowest BCUT2D eigenvalue weighted by atomic mass is 10.2. The fraction of sp³-hybridized carbons (Fsp3) is 0.0714. The largest absolute Gasteiger partial charge is 0.392 e. The lowest BCUT2D eigenvalue weighted by molar-refractivity contribution is 0.282. The molecule has 4 heteroatoms. The van der Waals surface area contributed by atoms with Gasteiger partial charge in [-0.2, -0.15) is 4.99 Å². The quantitative estimate of drug-likeness (QED) is 0.665. The van der Waals surface area contributed by atoms with Gasteiger partial charge in [0.25, 0.3) is 0 Å². The molecule has 0 amide bonds. The zero-order valence-corrected chi connectivity index (χ0v) is 10.3. The van der Waals surface area contributed by atoms with Crippen LogP contribution in [0.5, 0.6) is 0 Å². The van der Waals surface area contributed by atoms with Crippen molar-refractivity contribution in [3.8, 4) is 0 Å². The Morgan fingerprint density at radius 2 is 1.67 bits per heavy atom. The highest BCUT2D eigenvalue weighted by Gasteiger charge is 1.92. The zero-order chi connectivity index (χ0) is 13.2. The second-order valence-electron chi connectivity index (χ2n) is 3.30. The minimum atomic E-state index is 0.140. The molecule has 2 rings (SSSR count). The average molecular weight is 262 g/mol. The van der Waals surface area contributed by atoms with Gasteiger partial charge in [0.05, 0.1) is 17.3 Å². The van der Waals surface area contributed by atoms with E-state index in [0.717, 1.165) is 5.56 Å². The molecular formula is C14H12ClNO2. The van der Waals surface area contributed by atoms with Crippen LogP contribution in [0.25, 0.3) is 0 Å². The van der Waals surface area contributed by atoms with Gasteiger partial charge in [0.2, 0.25) is 6.08 Å².